The van der Waals surface area contributed by atoms with Crippen molar-refractivity contribution < 1.29 is 9.59 Å². The van der Waals surface area contributed by atoms with E-state index < -0.39 is 5.41 Å². The van der Waals surface area contributed by atoms with Gasteiger partial charge in [0.25, 0.3) is 0 Å². The molecule has 0 radical (unpaired) electrons. The maximum atomic E-state index is 11.9. The molecule has 2 heterocycles. The lowest BCUT2D eigenvalue weighted by atomic mass is 9.86. The number of hydrogen-bond acceptors (Lipinski definition) is 4. The Morgan fingerprint density at radius 2 is 1.84 bits per heavy atom. The molecule has 0 saturated carbocycles. The summed E-state index contributed by atoms with van der Waals surface area (Å²) < 4.78 is 0. The van der Waals surface area contributed by atoms with Gasteiger partial charge in [-0.05, 0) is 31.5 Å². The number of fused-ring (bicyclic) bond motifs is 2. The lowest BCUT2D eigenvalue weighted by molar-refractivity contribution is -0.120. The smallest absolute Gasteiger partial charge is 0.234 e. The van der Waals surface area contributed by atoms with Crippen LogP contribution in [0.1, 0.15) is 26.3 Å². The first kappa shape index (κ1) is 11.8. The molecule has 0 spiro atoms. The van der Waals surface area contributed by atoms with Crippen molar-refractivity contribution in [3.05, 3.63) is 17.7 Å². The number of benzene rings is 1. The molecule has 3 rings (SSSR count). The maximum Gasteiger partial charge on any atom is 0.234 e. The SMILES string of the molecule is CC(=O)NC1Nc2cc3c(cc2N1)C(C)(C)C(=O)N3. The molecule has 2 aliphatic rings. The highest BCUT2D eigenvalue weighted by atomic mass is 16.2. The summed E-state index contributed by atoms with van der Waals surface area (Å²) in [6, 6.07) is 3.85. The number of hydrogen-bond donors (Lipinski definition) is 4. The molecule has 0 aromatic heterocycles. The van der Waals surface area contributed by atoms with Crippen LogP contribution in [0, 0.1) is 0 Å². The van der Waals surface area contributed by atoms with Gasteiger partial charge in [0.15, 0.2) is 6.29 Å². The van der Waals surface area contributed by atoms with Crippen molar-refractivity contribution in [2.45, 2.75) is 32.5 Å². The summed E-state index contributed by atoms with van der Waals surface area (Å²) in [6.45, 7) is 5.26. The van der Waals surface area contributed by atoms with Gasteiger partial charge in [-0.15, -0.1) is 0 Å². The predicted octanol–water partition coefficient (Wildman–Crippen LogP) is 1.17. The Hall–Kier alpha value is -2.24. The van der Waals surface area contributed by atoms with Crippen molar-refractivity contribution in [2.24, 2.45) is 0 Å². The van der Waals surface area contributed by atoms with E-state index in [1.165, 1.54) is 6.92 Å². The molecule has 6 heteroatoms. The fraction of sp³-hybridized carbons (Fsp3) is 0.385. The van der Waals surface area contributed by atoms with E-state index in [1.807, 2.05) is 26.0 Å². The van der Waals surface area contributed by atoms with Crippen LogP contribution < -0.4 is 21.3 Å². The van der Waals surface area contributed by atoms with E-state index in [4.69, 9.17) is 0 Å². The molecule has 0 saturated heterocycles. The summed E-state index contributed by atoms with van der Waals surface area (Å²) >= 11 is 0. The molecule has 1 aromatic carbocycles. The topological polar surface area (TPSA) is 82.3 Å². The minimum atomic E-state index is -0.530. The first-order valence-electron chi connectivity index (χ1n) is 6.18. The lowest BCUT2D eigenvalue weighted by Gasteiger charge is -2.15. The monoisotopic (exact) mass is 260 g/mol. The average molecular weight is 260 g/mol. The van der Waals surface area contributed by atoms with Gasteiger partial charge in [-0.25, -0.2) is 0 Å². The third-order valence-corrected chi connectivity index (χ3v) is 3.59. The van der Waals surface area contributed by atoms with Crippen molar-refractivity contribution in [1.82, 2.24) is 5.32 Å². The summed E-state index contributed by atoms with van der Waals surface area (Å²) in [5, 5.41) is 11.9. The second-order valence-corrected chi connectivity index (χ2v) is 5.44. The Kier molecular flexibility index (Phi) is 2.26. The van der Waals surface area contributed by atoms with E-state index in [0.29, 0.717) is 0 Å². The molecule has 19 heavy (non-hydrogen) atoms. The third kappa shape index (κ3) is 1.71. The lowest BCUT2D eigenvalue weighted by Crippen LogP contribution is -2.41. The molecule has 6 nitrogen and oxygen atoms in total. The van der Waals surface area contributed by atoms with Crippen LogP contribution in [-0.4, -0.2) is 18.1 Å². The molecule has 100 valence electrons. The number of anilines is 3. The average Bonchev–Trinajstić information content (AvgIpc) is 2.76. The van der Waals surface area contributed by atoms with Crippen molar-refractivity contribution in [3.63, 3.8) is 0 Å². The van der Waals surface area contributed by atoms with Gasteiger partial charge in [0, 0.05) is 12.6 Å². The van der Waals surface area contributed by atoms with E-state index in [2.05, 4.69) is 21.3 Å². The van der Waals surface area contributed by atoms with Crippen molar-refractivity contribution in [2.75, 3.05) is 16.0 Å². The molecule has 0 fully saturated rings. The molecular weight excluding hydrogens is 244 g/mol. The maximum absolute atomic E-state index is 11.9. The molecule has 0 bridgehead atoms. The first-order valence-corrected chi connectivity index (χ1v) is 6.18. The number of carbonyl (C=O) groups is 2. The standard InChI is InChI=1S/C13H16N4O2/c1-6(18)14-12-16-9-4-7-8(5-10(9)17-12)15-11(19)13(7,2)3/h4-5,12,16-17H,1-3H3,(H,14,18)(H,15,19). The Balaban J connectivity index is 1.94. The quantitative estimate of drug-likeness (QED) is 0.611. The van der Waals surface area contributed by atoms with Crippen LogP contribution >= 0.6 is 0 Å². The zero-order valence-electron chi connectivity index (χ0n) is 11.0. The Bertz CT molecular complexity index is 595. The van der Waals surface area contributed by atoms with Crippen molar-refractivity contribution in [1.29, 1.82) is 0 Å². The zero-order chi connectivity index (χ0) is 13.8. The highest BCUT2D eigenvalue weighted by Crippen LogP contribution is 2.43. The van der Waals surface area contributed by atoms with E-state index in [1.54, 1.807) is 0 Å². The van der Waals surface area contributed by atoms with E-state index in [9.17, 15) is 9.59 Å². The fourth-order valence-electron chi connectivity index (χ4n) is 2.48. The van der Waals surface area contributed by atoms with Crippen molar-refractivity contribution in [3.8, 4) is 0 Å². The van der Waals surface area contributed by atoms with Crippen LogP contribution in [0.25, 0.3) is 0 Å². The predicted molar refractivity (Wildman–Crippen MR) is 72.9 cm³/mol. The summed E-state index contributed by atoms with van der Waals surface area (Å²) in [5.74, 6) is -0.108. The minimum absolute atomic E-state index is 0.00424. The van der Waals surface area contributed by atoms with Crippen LogP contribution in [0.4, 0.5) is 17.1 Å². The van der Waals surface area contributed by atoms with Gasteiger partial charge in [0.2, 0.25) is 11.8 Å². The molecule has 4 N–H and O–H groups in total. The molecule has 2 amide bonds. The Labute approximate surface area is 110 Å². The highest BCUT2D eigenvalue weighted by Gasteiger charge is 2.39. The van der Waals surface area contributed by atoms with E-state index in [0.717, 1.165) is 22.6 Å². The zero-order valence-corrected chi connectivity index (χ0v) is 11.0. The van der Waals surface area contributed by atoms with Gasteiger partial charge in [0.1, 0.15) is 0 Å². The normalized spacial score (nSPS) is 21.8. The molecular formula is C13H16N4O2. The molecule has 0 aliphatic carbocycles. The molecule has 2 aliphatic heterocycles. The number of carbonyl (C=O) groups excluding carboxylic acids is 2. The number of rotatable bonds is 1. The van der Waals surface area contributed by atoms with Crippen LogP contribution in [0.15, 0.2) is 12.1 Å². The van der Waals surface area contributed by atoms with Gasteiger partial charge >= 0.3 is 0 Å². The first-order chi connectivity index (χ1) is 8.88. The Morgan fingerprint density at radius 1 is 1.21 bits per heavy atom. The van der Waals surface area contributed by atoms with Gasteiger partial charge in [-0.1, -0.05) is 0 Å². The van der Waals surface area contributed by atoms with Crippen LogP contribution in [-0.2, 0) is 15.0 Å². The second-order valence-electron chi connectivity index (χ2n) is 5.44. The summed E-state index contributed by atoms with van der Waals surface area (Å²) in [6.07, 6.45) is -0.311. The largest absolute Gasteiger partial charge is 0.347 e. The van der Waals surface area contributed by atoms with E-state index in [-0.39, 0.29) is 18.1 Å². The number of nitrogens with one attached hydrogen (secondary N) is 4. The summed E-state index contributed by atoms with van der Waals surface area (Å²) in [4.78, 5) is 22.9. The minimum Gasteiger partial charge on any atom is -0.347 e. The molecule has 1 aromatic rings. The van der Waals surface area contributed by atoms with E-state index >= 15 is 0 Å². The fourth-order valence-corrected chi connectivity index (χ4v) is 2.48. The van der Waals surface area contributed by atoms with Gasteiger partial charge in [0.05, 0.1) is 16.8 Å². The van der Waals surface area contributed by atoms with Gasteiger partial charge in [-0.3, -0.25) is 9.59 Å². The summed E-state index contributed by atoms with van der Waals surface area (Å²) in [7, 11) is 0. The van der Waals surface area contributed by atoms with Crippen molar-refractivity contribution >= 4 is 28.9 Å². The second kappa shape index (κ2) is 3.63. The van der Waals surface area contributed by atoms with Crippen LogP contribution in [0.2, 0.25) is 0 Å². The number of amides is 2. The Morgan fingerprint density at radius 3 is 2.47 bits per heavy atom. The van der Waals surface area contributed by atoms with Crippen LogP contribution in [0.5, 0.6) is 0 Å². The summed E-state index contributed by atoms with van der Waals surface area (Å²) in [5.41, 5.74) is 3.02. The highest BCUT2D eigenvalue weighted by molar-refractivity contribution is 6.07. The van der Waals surface area contributed by atoms with Crippen LogP contribution in [0.3, 0.4) is 0 Å². The van der Waals surface area contributed by atoms with Gasteiger partial charge < -0.3 is 21.3 Å². The molecule has 1 unspecified atom stereocenters. The third-order valence-electron chi connectivity index (χ3n) is 3.59. The molecule has 1 atom stereocenters. The van der Waals surface area contributed by atoms with Gasteiger partial charge in [-0.2, -0.15) is 0 Å².